The first-order chi connectivity index (χ1) is 6.39. The number of hydrogen-bond donors (Lipinski definition) is 2. The largest absolute Gasteiger partial charge is 0.370 e. The molecule has 82 valence electrons. The summed E-state index contributed by atoms with van der Waals surface area (Å²) in [5, 5.41) is 2.92. The molecule has 1 rings (SSSR count). The zero-order valence-corrected chi connectivity index (χ0v) is 9.06. The Morgan fingerprint density at radius 3 is 2.64 bits per heavy atom. The third kappa shape index (κ3) is 2.68. The average molecular weight is 220 g/mol. The average Bonchev–Trinajstić information content (AvgIpc) is 2.01. The summed E-state index contributed by atoms with van der Waals surface area (Å²) in [6, 6.07) is 0. The number of carbonyl (C=O) groups is 1. The summed E-state index contributed by atoms with van der Waals surface area (Å²) in [5.74, 6) is -0.231. The lowest BCUT2D eigenvalue weighted by molar-refractivity contribution is -0.119. The van der Waals surface area contributed by atoms with Gasteiger partial charge in [0.15, 0.2) is 9.84 Å². The van der Waals surface area contributed by atoms with Crippen molar-refractivity contribution in [1.29, 1.82) is 0 Å². The van der Waals surface area contributed by atoms with Gasteiger partial charge in [-0.3, -0.25) is 4.79 Å². The number of rotatable bonds is 3. The summed E-state index contributed by atoms with van der Waals surface area (Å²) in [5.41, 5.74) is 4.46. The summed E-state index contributed by atoms with van der Waals surface area (Å²) in [6.07, 6.45) is 1.37. The van der Waals surface area contributed by atoms with Crippen LogP contribution < -0.4 is 11.1 Å². The summed E-state index contributed by atoms with van der Waals surface area (Å²) in [6.45, 7) is 0. The van der Waals surface area contributed by atoms with Crippen LogP contribution in [-0.2, 0) is 14.6 Å². The summed E-state index contributed by atoms with van der Waals surface area (Å²) >= 11 is 0. The van der Waals surface area contributed by atoms with Crippen molar-refractivity contribution < 1.29 is 13.2 Å². The van der Waals surface area contributed by atoms with Crippen molar-refractivity contribution in [3.63, 3.8) is 0 Å². The van der Waals surface area contributed by atoms with E-state index in [9.17, 15) is 13.2 Å². The zero-order valence-electron chi connectivity index (χ0n) is 8.25. The SMILES string of the molecule is CNC1(CC(N)=O)CCCS(=O)(=O)C1. The molecule has 0 radical (unpaired) electrons. The van der Waals surface area contributed by atoms with Crippen LogP contribution in [0.4, 0.5) is 0 Å². The van der Waals surface area contributed by atoms with Crippen molar-refractivity contribution in [2.45, 2.75) is 24.8 Å². The van der Waals surface area contributed by atoms with Gasteiger partial charge in [-0.1, -0.05) is 0 Å². The Bertz CT molecular complexity index is 325. The van der Waals surface area contributed by atoms with Gasteiger partial charge in [-0.25, -0.2) is 8.42 Å². The molecule has 0 aromatic heterocycles. The van der Waals surface area contributed by atoms with Crippen molar-refractivity contribution in [3.05, 3.63) is 0 Å². The summed E-state index contributed by atoms with van der Waals surface area (Å²) in [4.78, 5) is 10.8. The van der Waals surface area contributed by atoms with Gasteiger partial charge in [0.25, 0.3) is 0 Å². The van der Waals surface area contributed by atoms with E-state index in [0.717, 1.165) is 0 Å². The highest BCUT2D eigenvalue weighted by atomic mass is 32.2. The van der Waals surface area contributed by atoms with Gasteiger partial charge in [-0.15, -0.1) is 0 Å². The predicted octanol–water partition coefficient (Wildman–Crippen LogP) is -0.971. The number of hydrogen-bond acceptors (Lipinski definition) is 4. The molecule has 1 aliphatic heterocycles. The molecule has 0 aromatic rings. The molecule has 1 heterocycles. The lowest BCUT2D eigenvalue weighted by atomic mass is 9.91. The predicted molar refractivity (Wildman–Crippen MR) is 53.5 cm³/mol. The minimum Gasteiger partial charge on any atom is -0.370 e. The first kappa shape index (κ1) is 11.5. The third-order valence-electron chi connectivity index (χ3n) is 2.65. The van der Waals surface area contributed by atoms with E-state index in [1.54, 1.807) is 7.05 Å². The molecule has 0 aliphatic carbocycles. The first-order valence-electron chi connectivity index (χ1n) is 4.57. The monoisotopic (exact) mass is 220 g/mol. The standard InChI is InChI=1S/C8H16N2O3S/c1-10-8(5-7(9)11)3-2-4-14(12,13)6-8/h10H,2-6H2,1H3,(H2,9,11). The molecule has 3 N–H and O–H groups in total. The second-order valence-electron chi connectivity index (χ2n) is 3.87. The molecule has 1 aliphatic rings. The van der Waals surface area contributed by atoms with Crippen molar-refractivity contribution in [2.75, 3.05) is 18.6 Å². The van der Waals surface area contributed by atoms with Gasteiger partial charge in [0.05, 0.1) is 11.5 Å². The minimum atomic E-state index is -3.02. The fourth-order valence-electron chi connectivity index (χ4n) is 1.95. The van der Waals surface area contributed by atoms with Gasteiger partial charge in [0.2, 0.25) is 5.91 Å². The van der Waals surface area contributed by atoms with Crippen LogP contribution in [0.3, 0.4) is 0 Å². The van der Waals surface area contributed by atoms with Gasteiger partial charge in [-0.2, -0.15) is 0 Å². The molecule has 0 bridgehead atoms. The van der Waals surface area contributed by atoms with E-state index in [2.05, 4.69) is 5.32 Å². The number of nitrogens with two attached hydrogens (primary N) is 1. The number of nitrogens with one attached hydrogen (secondary N) is 1. The second-order valence-corrected chi connectivity index (χ2v) is 6.05. The molecule has 6 heteroatoms. The molecule has 1 atom stereocenters. The Balaban J connectivity index is 2.83. The molecule has 0 aromatic carbocycles. The highest BCUT2D eigenvalue weighted by Crippen LogP contribution is 2.25. The molecule has 5 nitrogen and oxygen atoms in total. The van der Waals surface area contributed by atoms with E-state index in [1.165, 1.54) is 0 Å². The number of sulfone groups is 1. The van der Waals surface area contributed by atoms with E-state index in [4.69, 9.17) is 5.73 Å². The van der Waals surface area contributed by atoms with Gasteiger partial charge in [0.1, 0.15) is 0 Å². The van der Waals surface area contributed by atoms with Gasteiger partial charge >= 0.3 is 0 Å². The molecule has 0 spiro atoms. The summed E-state index contributed by atoms with van der Waals surface area (Å²) < 4.78 is 22.8. The zero-order chi connectivity index (χ0) is 10.8. The third-order valence-corrected chi connectivity index (χ3v) is 4.55. The van der Waals surface area contributed by atoms with Crippen molar-refractivity contribution in [2.24, 2.45) is 5.73 Å². The smallest absolute Gasteiger partial charge is 0.219 e. The molecule has 1 unspecified atom stereocenters. The van der Waals surface area contributed by atoms with Crippen LogP contribution in [0.1, 0.15) is 19.3 Å². The summed E-state index contributed by atoms with van der Waals surface area (Å²) in [7, 11) is -1.35. The topological polar surface area (TPSA) is 89.3 Å². The number of carbonyl (C=O) groups excluding carboxylic acids is 1. The molecule has 0 saturated carbocycles. The van der Waals surface area contributed by atoms with Gasteiger partial charge in [-0.05, 0) is 19.9 Å². The van der Waals surface area contributed by atoms with Gasteiger partial charge < -0.3 is 11.1 Å². The fourth-order valence-corrected chi connectivity index (χ4v) is 3.92. The van der Waals surface area contributed by atoms with Crippen LogP contribution >= 0.6 is 0 Å². The highest BCUT2D eigenvalue weighted by molar-refractivity contribution is 7.91. The maximum atomic E-state index is 11.4. The van der Waals surface area contributed by atoms with Crippen molar-refractivity contribution in [1.82, 2.24) is 5.32 Å². The van der Waals surface area contributed by atoms with E-state index < -0.39 is 21.3 Å². The van der Waals surface area contributed by atoms with E-state index >= 15 is 0 Å². The Kier molecular flexibility index (Phi) is 3.16. The fraction of sp³-hybridized carbons (Fsp3) is 0.875. The normalized spacial score (nSPS) is 31.2. The molecule has 1 amide bonds. The Labute approximate surface area is 84.0 Å². The maximum Gasteiger partial charge on any atom is 0.219 e. The number of amides is 1. The maximum absolute atomic E-state index is 11.4. The lowest BCUT2D eigenvalue weighted by Gasteiger charge is -2.35. The van der Waals surface area contributed by atoms with Crippen molar-refractivity contribution in [3.8, 4) is 0 Å². The Hall–Kier alpha value is -0.620. The Morgan fingerprint density at radius 2 is 2.21 bits per heavy atom. The van der Waals surface area contributed by atoms with Crippen molar-refractivity contribution >= 4 is 15.7 Å². The molecule has 14 heavy (non-hydrogen) atoms. The second kappa shape index (κ2) is 3.86. The quantitative estimate of drug-likeness (QED) is 0.640. The van der Waals surface area contributed by atoms with Crippen LogP contribution in [0.5, 0.6) is 0 Å². The van der Waals surface area contributed by atoms with Gasteiger partial charge in [0, 0.05) is 12.0 Å². The Morgan fingerprint density at radius 1 is 1.57 bits per heavy atom. The van der Waals surface area contributed by atoms with Crippen LogP contribution in [0.25, 0.3) is 0 Å². The molecular weight excluding hydrogens is 204 g/mol. The molecular formula is C8H16N2O3S. The van der Waals surface area contributed by atoms with E-state index in [1.807, 2.05) is 0 Å². The van der Waals surface area contributed by atoms with E-state index in [0.29, 0.717) is 12.8 Å². The highest BCUT2D eigenvalue weighted by Gasteiger charge is 2.38. The van der Waals surface area contributed by atoms with Crippen LogP contribution in [-0.4, -0.2) is 38.4 Å². The van der Waals surface area contributed by atoms with E-state index in [-0.39, 0.29) is 17.9 Å². The number of primary amides is 1. The minimum absolute atomic E-state index is 0.0133. The van der Waals surface area contributed by atoms with Crippen LogP contribution in [0.2, 0.25) is 0 Å². The van der Waals surface area contributed by atoms with Crippen LogP contribution in [0.15, 0.2) is 0 Å². The van der Waals surface area contributed by atoms with Crippen LogP contribution in [0, 0.1) is 0 Å². The first-order valence-corrected chi connectivity index (χ1v) is 6.39. The lowest BCUT2D eigenvalue weighted by Crippen LogP contribution is -2.54. The molecule has 1 fully saturated rings. The molecule has 1 saturated heterocycles.